The van der Waals surface area contributed by atoms with Gasteiger partial charge in [-0.1, -0.05) is 6.07 Å². The lowest BCUT2D eigenvalue weighted by Gasteiger charge is -2.26. The van der Waals surface area contributed by atoms with Crippen molar-refractivity contribution in [1.29, 1.82) is 5.26 Å². The molecule has 0 fully saturated rings. The van der Waals surface area contributed by atoms with Crippen LogP contribution in [0, 0.1) is 11.3 Å². The monoisotopic (exact) mass is 348 g/mol. The van der Waals surface area contributed by atoms with E-state index in [4.69, 9.17) is 9.47 Å². The number of aromatic nitrogens is 3. The second kappa shape index (κ2) is 6.11. The molecule has 26 heavy (non-hydrogen) atoms. The van der Waals surface area contributed by atoms with Crippen LogP contribution < -0.4 is 4.74 Å². The maximum atomic E-state index is 9.57. The largest absolute Gasteiger partial charge is 0.464 e. The molecule has 6 heteroatoms. The highest BCUT2D eigenvalue weighted by Gasteiger charge is 2.43. The van der Waals surface area contributed by atoms with Gasteiger partial charge in [0.15, 0.2) is 0 Å². The van der Waals surface area contributed by atoms with E-state index in [9.17, 15) is 5.26 Å². The van der Waals surface area contributed by atoms with Crippen molar-refractivity contribution in [2.24, 2.45) is 0 Å². The maximum absolute atomic E-state index is 9.57. The van der Waals surface area contributed by atoms with Gasteiger partial charge in [0.25, 0.3) is 0 Å². The lowest BCUT2D eigenvalue weighted by molar-refractivity contribution is -0.0980. The molecule has 0 radical (unpaired) electrons. The predicted molar refractivity (Wildman–Crippen MR) is 96.9 cm³/mol. The van der Waals surface area contributed by atoms with Gasteiger partial charge in [-0.15, -0.1) is 0 Å². The first-order chi connectivity index (χ1) is 12.5. The molecule has 0 aliphatic carbocycles. The quantitative estimate of drug-likeness (QED) is 0.723. The van der Waals surface area contributed by atoms with Crippen molar-refractivity contribution in [2.75, 3.05) is 6.61 Å². The summed E-state index contributed by atoms with van der Waals surface area (Å²) in [6, 6.07) is 10.3. The standard InChI is InChI=1S/C20H20N4O2/c1-4-25-19-20(2,3)18-16-8-15(10-24-12-22-11-23-24)14(9-21)7-13(16)5-6-17(18)26-19/h5-8,11-12,19H,4,10H2,1-3H3. The fraction of sp³-hybridized carbons (Fsp3) is 0.350. The molecule has 1 aliphatic rings. The van der Waals surface area contributed by atoms with Crippen LogP contribution in [0.2, 0.25) is 0 Å². The minimum Gasteiger partial charge on any atom is -0.464 e. The van der Waals surface area contributed by atoms with Crippen LogP contribution in [-0.2, 0) is 16.7 Å². The lowest BCUT2D eigenvalue weighted by atomic mass is 9.81. The van der Waals surface area contributed by atoms with Crippen molar-refractivity contribution in [3.8, 4) is 11.8 Å². The summed E-state index contributed by atoms with van der Waals surface area (Å²) in [6.45, 7) is 7.33. The lowest BCUT2D eigenvalue weighted by Crippen LogP contribution is -2.34. The third kappa shape index (κ3) is 2.52. The maximum Gasteiger partial charge on any atom is 0.209 e. The molecule has 0 bridgehead atoms. The fourth-order valence-corrected chi connectivity index (χ4v) is 3.66. The molecule has 4 rings (SSSR count). The Kier molecular flexibility index (Phi) is 3.89. The van der Waals surface area contributed by atoms with E-state index < -0.39 is 0 Å². The zero-order chi connectivity index (χ0) is 18.3. The van der Waals surface area contributed by atoms with Gasteiger partial charge < -0.3 is 9.47 Å². The van der Waals surface area contributed by atoms with E-state index in [0.29, 0.717) is 18.7 Å². The second-order valence-corrected chi connectivity index (χ2v) is 7.00. The molecule has 2 heterocycles. The van der Waals surface area contributed by atoms with Gasteiger partial charge in [-0.2, -0.15) is 10.4 Å². The minimum absolute atomic E-state index is 0.288. The summed E-state index contributed by atoms with van der Waals surface area (Å²) < 4.78 is 13.6. The van der Waals surface area contributed by atoms with Crippen LogP contribution in [0.5, 0.6) is 5.75 Å². The molecule has 6 nitrogen and oxygen atoms in total. The Morgan fingerprint density at radius 2 is 2.19 bits per heavy atom. The highest BCUT2D eigenvalue weighted by atomic mass is 16.7. The first-order valence-corrected chi connectivity index (χ1v) is 8.65. The van der Waals surface area contributed by atoms with Crippen LogP contribution >= 0.6 is 0 Å². The number of hydrogen-bond acceptors (Lipinski definition) is 5. The van der Waals surface area contributed by atoms with Crippen LogP contribution in [0.4, 0.5) is 0 Å². The number of nitrogens with zero attached hydrogens (tertiary/aromatic N) is 4. The molecular weight excluding hydrogens is 328 g/mol. The van der Waals surface area contributed by atoms with Crippen molar-refractivity contribution in [2.45, 2.75) is 39.0 Å². The van der Waals surface area contributed by atoms with Crippen molar-refractivity contribution in [3.05, 3.63) is 53.6 Å². The first-order valence-electron chi connectivity index (χ1n) is 8.65. The van der Waals surface area contributed by atoms with Gasteiger partial charge in [-0.05, 0) is 55.3 Å². The van der Waals surface area contributed by atoms with Crippen LogP contribution in [0.1, 0.15) is 37.5 Å². The van der Waals surface area contributed by atoms with E-state index in [-0.39, 0.29) is 11.7 Å². The molecule has 132 valence electrons. The Morgan fingerprint density at radius 3 is 2.88 bits per heavy atom. The first kappa shape index (κ1) is 16.6. The molecule has 1 aromatic heterocycles. The van der Waals surface area contributed by atoms with Gasteiger partial charge in [0.2, 0.25) is 6.29 Å². The Bertz CT molecular complexity index is 1000. The average Bonchev–Trinajstić information content (AvgIpc) is 3.21. The molecule has 0 amide bonds. The summed E-state index contributed by atoms with van der Waals surface area (Å²) in [7, 11) is 0. The summed E-state index contributed by atoms with van der Waals surface area (Å²) in [6.07, 6.45) is 2.83. The minimum atomic E-state index is -0.317. The molecule has 3 aromatic rings. The average molecular weight is 348 g/mol. The van der Waals surface area contributed by atoms with Crippen LogP contribution in [-0.4, -0.2) is 27.7 Å². The van der Waals surface area contributed by atoms with Crippen LogP contribution in [0.25, 0.3) is 10.8 Å². The van der Waals surface area contributed by atoms with Crippen molar-refractivity contribution in [3.63, 3.8) is 0 Å². The van der Waals surface area contributed by atoms with Gasteiger partial charge in [0, 0.05) is 12.2 Å². The second-order valence-electron chi connectivity index (χ2n) is 7.00. The van der Waals surface area contributed by atoms with E-state index in [1.165, 1.54) is 6.33 Å². The summed E-state index contributed by atoms with van der Waals surface area (Å²) >= 11 is 0. The Balaban J connectivity index is 1.89. The molecule has 1 atom stereocenters. The van der Waals surface area contributed by atoms with Crippen molar-refractivity contribution >= 4 is 10.8 Å². The zero-order valence-corrected chi connectivity index (χ0v) is 15.1. The Morgan fingerprint density at radius 1 is 1.35 bits per heavy atom. The van der Waals surface area contributed by atoms with E-state index >= 15 is 0 Å². The summed E-state index contributed by atoms with van der Waals surface area (Å²) in [5.74, 6) is 0.845. The molecule has 0 saturated heterocycles. The molecule has 0 N–H and O–H groups in total. The van der Waals surface area contributed by atoms with E-state index in [0.717, 1.165) is 27.6 Å². The van der Waals surface area contributed by atoms with E-state index in [2.05, 4.69) is 36.1 Å². The van der Waals surface area contributed by atoms with Crippen molar-refractivity contribution < 1.29 is 9.47 Å². The summed E-state index contributed by atoms with van der Waals surface area (Å²) in [5, 5.41) is 15.8. The number of hydrogen-bond donors (Lipinski definition) is 0. The number of ether oxygens (including phenoxy) is 2. The van der Waals surface area contributed by atoms with Gasteiger partial charge >= 0.3 is 0 Å². The molecule has 1 unspecified atom stereocenters. The topological polar surface area (TPSA) is 73.0 Å². The number of rotatable bonds is 4. The fourth-order valence-electron chi connectivity index (χ4n) is 3.66. The van der Waals surface area contributed by atoms with E-state index in [1.54, 1.807) is 11.0 Å². The summed E-state index contributed by atoms with van der Waals surface area (Å²) in [5.41, 5.74) is 2.39. The van der Waals surface area contributed by atoms with Crippen molar-refractivity contribution in [1.82, 2.24) is 14.8 Å². The smallest absolute Gasteiger partial charge is 0.209 e. The molecule has 0 saturated carbocycles. The van der Waals surface area contributed by atoms with Crippen LogP contribution in [0.15, 0.2) is 36.9 Å². The number of fused-ring (bicyclic) bond motifs is 3. The molecule has 1 aliphatic heterocycles. The highest BCUT2D eigenvalue weighted by molar-refractivity contribution is 5.91. The number of benzene rings is 2. The van der Waals surface area contributed by atoms with Gasteiger partial charge in [-0.3, -0.25) is 0 Å². The van der Waals surface area contributed by atoms with E-state index in [1.807, 2.05) is 25.1 Å². The van der Waals surface area contributed by atoms with Gasteiger partial charge in [0.05, 0.1) is 23.6 Å². The molecular formula is C20H20N4O2. The number of nitriles is 1. The third-order valence-corrected chi connectivity index (χ3v) is 4.91. The molecule has 2 aromatic carbocycles. The SMILES string of the molecule is CCOC1Oc2ccc3cc(C#N)c(Cn4cncn4)cc3c2C1(C)C. The normalized spacial score (nSPS) is 17.7. The Labute approximate surface area is 152 Å². The van der Waals surface area contributed by atoms with Gasteiger partial charge in [-0.25, -0.2) is 9.67 Å². The summed E-state index contributed by atoms with van der Waals surface area (Å²) in [4.78, 5) is 3.98. The highest BCUT2D eigenvalue weighted by Crippen LogP contribution is 2.47. The zero-order valence-electron chi connectivity index (χ0n) is 15.1. The molecule has 0 spiro atoms. The van der Waals surface area contributed by atoms with Gasteiger partial charge in [0.1, 0.15) is 18.4 Å². The Hall–Kier alpha value is -2.91. The predicted octanol–water partition coefficient (Wildman–Crippen LogP) is 3.38. The third-order valence-electron chi connectivity index (χ3n) is 4.91. The van der Waals surface area contributed by atoms with Crippen LogP contribution in [0.3, 0.4) is 0 Å².